The van der Waals surface area contributed by atoms with Crippen molar-refractivity contribution in [2.75, 3.05) is 13.2 Å². The van der Waals surface area contributed by atoms with Crippen LogP contribution in [0.25, 0.3) is 0 Å². The van der Waals surface area contributed by atoms with Crippen LogP contribution in [0, 0.1) is 0 Å². The largest absolute Gasteiger partial charge is 0.697 e. The van der Waals surface area contributed by atoms with E-state index in [4.69, 9.17) is 9.05 Å². The molecular weight excluding hydrogens is 163 g/mol. The lowest BCUT2D eigenvalue weighted by molar-refractivity contribution is 0.230. The summed E-state index contributed by atoms with van der Waals surface area (Å²) >= 11 is 0. The number of rotatable bonds is 7. The van der Waals surface area contributed by atoms with Gasteiger partial charge in [-0.15, -0.1) is 9.05 Å². The second kappa shape index (κ2) is 8.12. The van der Waals surface area contributed by atoms with E-state index in [2.05, 4.69) is 6.92 Å². The minimum Gasteiger partial charge on any atom is -0.119 e. The third-order valence-electron chi connectivity index (χ3n) is 1.18. The van der Waals surface area contributed by atoms with Crippen molar-refractivity contribution in [3.05, 3.63) is 0 Å². The van der Waals surface area contributed by atoms with Gasteiger partial charge >= 0.3 is 8.25 Å². The monoisotopic (exact) mass is 179 g/mol. The Balaban J connectivity index is 3.04. The average Bonchev–Trinajstić information content (AvgIpc) is 1.99. The molecular formula is C7H16O3P+. The molecule has 0 aliphatic rings. The van der Waals surface area contributed by atoms with E-state index >= 15 is 0 Å². The highest BCUT2D eigenvalue weighted by Crippen LogP contribution is 2.23. The Bertz CT molecular complexity index is 106. The van der Waals surface area contributed by atoms with Gasteiger partial charge in [-0.3, -0.25) is 0 Å². The fourth-order valence-electron chi connectivity index (χ4n) is 0.634. The molecule has 0 aliphatic carbocycles. The van der Waals surface area contributed by atoms with Crippen LogP contribution >= 0.6 is 8.25 Å². The molecule has 66 valence electrons. The van der Waals surface area contributed by atoms with Crippen molar-refractivity contribution in [2.24, 2.45) is 0 Å². The van der Waals surface area contributed by atoms with Crippen molar-refractivity contribution in [2.45, 2.75) is 33.1 Å². The van der Waals surface area contributed by atoms with Gasteiger partial charge in [-0.2, -0.15) is 0 Å². The van der Waals surface area contributed by atoms with Crippen molar-refractivity contribution in [3.63, 3.8) is 0 Å². The van der Waals surface area contributed by atoms with Crippen LogP contribution in [0.4, 0.5) is 0 Å². The molecule has 0 bridgehead atoms. The molecule has 0 saturated heterocycles. The highest BCUT2D eigenvalue weighted by Gasteiger charge is 2.17. The van der Waals surface area contributed by atoms with Gasteiger partial charge < -0.3 is 0 Å². The second-order valence-electron chi connectivity index (χ2n) is 2.18. The Morgan fingerprint density at radius 3 is 2.45 bits per heavy atom. The zero-order chi connectivity index (χ0) is 8.53. The number of unbranched alkanes of at least 4 members (excludes halogenated alkanes) is 2. The van der Waals surface area contributed by atoms with Gasteiger partial charge in [0.2, 0.25) is 0 Å². The summed E-state index contributed by atoms with van der Waals surface area (Å²) in [4.78, 5) is 0. The van der Waals surface area contributed by atoms with Gasteiger partial charge in [0.05, 0.1) is 0 Å². The number of hydrogen-bond donors (Lipinski definition) is 0. The first kappa shape index (κ1) is 11.0. The maximum atomic E-state index is 10.7. The Kier molecular flexibility index (Phi) is 8.13. The maximum Gasteiger partial charge on any atom is 0.697 e. The molecule has 1 unspecified atom stereocenters. The van der Waals surface area contributed by atoms with E-state index in [1.165, 1.54) is 0 Å². The third-order valence-corrected chi connectivity index (χ3v) is 2.04. The Hall–Kier alpha value is 0.0200. The molecule has 0 rings (SSSR count). The summed E-state index contributed by atoms with van der Waals surface area (Å²) in [5, 5.41) is 0. The normalized spacial score (nSPS) is 11.6. The van der Waals surface area contributed by atoms with Crippen LogP contribution in [0.3, 0.4) is 0 Å². The second-order valence-corrected chi connectivity index (χ2v) is 3.15. The van der Waals surface area contributed by atoms with Crippen LogP contribution in [0.1, 0.15) is 33.1 Å². The van der Waals surface area contributed by atoms with Crippen LogP contribution < -0.4 is 0 Å². The molecule has 0 N–H and O–H groups in total. The topological polar surface area (TPSA) is 35.5 Å². The van der Waals surface area contributed by atoms with Gasteiger partial charge in [0.1, 0.15) is 13.2 Å². The molecule has 0 heterocycles. The quantitative estimate of drug-likeness (QED) is 0.445. The van der Waals surface area contributed by atoms with Gasteiger partial charge in [0, 0.05) is 4.57 Å². The van der Waals surface area contributed by atoms with Crippen LogP contribution in [0.2, 0.25) is 0 Å². The predicted octanol–water partition coefficient (Wildman–Crippen LogP) is 2.89. The van der Waals surface area contributed by atoms with Crippen molar-refractivity contribution >= 4 is 8.25 Å². The fraction of sp³-hybridized carbons (Fsp3) is 1.00. The zero-order valence-electron chi connectivity index (χ0n) is 7.21. The molecule has 0 spiro atoms. The first-order chi connectivity index (χ1) is 5.31. The molecule has 11 heavy (non-hydrogen) atoms. The Labute approximate surface area is 69.0 Å². The summed E-state index contributed by atoms with van der Waals surface area (Å²) in [6.07, 6.45) is 3.23. The van der Waals surface area contributed by atoms with Crippen molar-refractivity contribution in [1.29, 1.82) is 0 Å². The Morgan fingerprint density at radius 1 is 1.18 bits per heavy atom. The van der Waals surface area contributed by atoms with E-state index in [1.54, 1.807) is 6.92 Å². The van der Waals surface area contributed by atoms with Crippen LogP contribution in [0.15, 0.2) is 0 Å². The summed E-state index contributed by atoms with van der Waals surface area (Å²) in [6.45, 7) is 4.90. The standard InChI is InChI=1S/C7H16O3P/c1-3-5-6-7-10-11(8)9-4-2/h3-7H2,1-2H3/q+1. The summed E-state index contributed by atoms with van der Waals surface area (Å²) in [5.41, 5.74) is 0. The minimum absolute atomic E-state index is 0.447. The molecule has 0 radical (unpaired) electrons. The highest BCUT2D eigenvalue weighted by atomic mass is 31.1. The molecule has 0 aliphatic heterocycles. The Morgan fingerprint density at radius 2 is 1.91 bits per heavy atom. The molecule has 4 heteroatoms. The predicted molar refractivity (Wildman–Crippen MR) is 44.7 cm³/mol. The fourth-order valence-corrected chi connectivity index (χ4v) is 1.20. The molecule has 0 saturated carbocycles. The summed E-state index contributed by atoms with van der Waals surface area (Å²) in [7, 11) is -1.85. The molecule has 3 nitrogen and oxygen atoms in total. The summed E-state index contributed by atoms with van der Waals surface area (Å²) in [6, 6.07) is 0. The van der Waals surface area contributed by atoms with Gasteiger partial charge in [-0.1, -0.05) is 19.8 Å². The summed E-state index contributed by atoms with van der Waals surface area (Å²) in [5.74, 6) is 0. The van der Waals surface area contributed by atoms with Gasteiger partial charge in [0.25, 0.3) is 0 Å². The molecule has 1 atom stereocenters. The first-order valence-electron chi connectivity index (χ1n) is 4.04. The number of hydrogen-bond acceptors (Lipinski definition) is 3. The zero-order valence-corrected chi connectivity index (χ0v) is 8.10. The highest BCUT2D eigenvalue weighted by molar-refractivity contribution is 7.33. The molecule has 0 fully saturated rings. The smallest absolute Gasteiger partial charge is 0.119 e. The van der Waals surface area contributed by atoms with Crippen molar-refractivity contribution < 1.29 is 13.6 Å². The SMILES string of the molecule is CCCCCO[P+](=O)OCC. The van der Waals surface area contributed by atoms with Crippen molar-refractivity contribution in [1.82, 2.24) is 0 Å². The van der Waals surface area contributed by atoms with E-state index < -0.39 is 8.25 Å². The van der Waals surface area contributed by atoms with Crippen LogP contribution in [-0.4, -0.2) is 13.2 Å². The summed E-state index contributed by atoms with van der Waals surface area (Å²) < 4.78 is 20.3. The lowest BCUT2D eigenvalue weighted by Crippen LogP contribution is -1.88. The van der Waals surface area contributed by atoms with Crippen LogP contribution in [0.5, 0.6) is 0 Å². The molecule has 0 aromatic rings. The maximum absolute atomic E-state index is 10.7. The molecule has 0 aromatic carbocycles. The van der Waals surface area contributed by atoms with Crippen LogP contribution in [-0.2, 0) is 13.6 Å². The average molecular weight is 179 g/mol. The van der Waals surface area contributed by atoms with Gasteiger partial charge in [-0.25, -0.2) is 0 Å². The van der Waals surface area contributed by atoms with Gasteiger partial charge in [0.15, 0.2) is 0 Å². The van der Waals surface area contributed by atoms with Crippen molar-refractivity contribution in [3.8, 4) is 0 Å². The van der Waals surface area contributed by atoms with E-state index in [9.17, 15) is 4.57 Å². The van der Waals surface area contributed by atoms with E-state index in [0.717, 1.165) is 19.3 Å². The molecule has 0 aromatic heterocycles. The van der Waals surface area contributed by atoms with E-state index in [1.807, 2.05) is 0 Å². The first-order valence-corrected chi connectivity index (χ1v) is 5.13. The van der Waals surface area contributed by atoms with E-state index in [-0.39, 0.29) is 0 Å². The third kappa shape index (κ3) is 7.92. The lowest BCUT2D eigenvalue weighted by atomic mass is 10.3. The molecule has 0 amide bonds. The minimum atomic E-state index is -1.85. The van der Waals surface area contributed by atoms with Gasteiger partial charge in [-0.05, 0) is 13.3 Å². The van der Waals surface area contributed by atoms with E-state index in [0.29, 0.717) is 13.2 Å². The lowest BCUT2D eigenvalue weighted by Gasteiger charge is -1.89.